The number of sulfone groups is 1. The molecule has 2 N–H and O–H groups in total. The molecule has 0 aromatic rings. The lowest BCUT2D eigenvalue weighted by Crippen LogP contribution is -2.50. The van der Waals surface area contributed by atoms with E-state index < -0.39 is 14.6 Å². The van der Waals surface area contributed by atoms with Crippen molar-refractivity contribution < 1.29 is 13.2 Å². The van der Waals surface area contributed by atoms with Crippen LogP contribution in [0.5, 0.6) is 0 Å². The fourth-order valence-electron chi connectivity index (χ4n) is 1.81. The van der Waals surface area contributed by atoms with Crippen LogP contribution in [0.4, 0.5) is 0 Å². The van der Waals surface area contributed by atoms with E-state index in [0.717, 1.165) is 13.1 Å². The molecule has 1 aliphatic rings. The van der Waals surface area contributed by atoms with Gasteiger partial charge in [0.1, 0.15) is 0 Å². The first-order valence-electron chi connectivity index (χ1n) is 6.45. The maximum atomic E-state index is 12.0. The molecule has 0 bridgehead atoms. The van der Waals surface area contributed by atoms with Crippen molar-refractivity contribution >= 4 is 9.84 Å². The zero-order chi connectivity index (χ0) is 14.0. The highest BCUT2D eigenvalue weighted by atomic mass is 32.2. The van der Waals surface area contributed by atoms with Crippen LogP contribution < -0.4 is 5.73 Å². The predicted octanol–water partition coefficient (Wildman–Crippen LogP) is 0.248. The van der Waals surface area contributed by atoms with Crippen LogP contribution in [0.3, 0.4) is 0 Å². The molecular weight excluding hydrogens is 252 g/mol. The fourth-order valence-corrected chi connectivity index (χ4v) is 2.92. The SMILES string of the molecule is CC(N)C1CN(CCS(=O)(=O)C(C)(C)C)CCO1. The Morgan fingerprint density at radius 2 is 2.06 bits per heavy atom. The van der Waals surface area contributed by atoms with Crippen molar-refractivity contribution in [2.75, 3.05) is 32.0 Å². The summed E-state index contributed by atoms with van der Waals surface area (Å²) in [7, 11) is -3.05. The topological polar surface area (TPSA) is 72.6 Å². The summed E-state index contributed by atoms with van der Waals surface area (Å²) in [5.74, 6) is 0.197. The molecular formula is C12H26N2O3S. The summed E-state index contributed by atoms with van der Waals surface area (Å²) in [4.78, 5) is 2.13. The lowest BCUT2D eigenvalue weighted by molar-refractivity contribution is -0.0356. The highest BCUT2D eigenvalue weighted by molar-refractivity contribution is 7.92. The Hall–Kier alpha value is -0.170. The molecule has 0 amide bonds. The van der Waals surface area contributed by atoms with E-state index in [0.29, 0.717) is 13.2 Å². The lowest BCUT2D eigenvalue weighted by atomic mass is 10.1. The molecule has 0 aromatic carbocycles. The van der Waals surface area contributed by atoms with Gasteiger partial charge in [-0.3, -0.25) is 4.90 Å². The van der Waals surface area contributed by atoms with Crippen LogP contribution >= 0.6 is 0 Å². The van der Waals surface area contributed by atoms with Gasteiger partial charge in [0.05, 0.1) is 23.2 Å². The summed E-state index contributed by atoms with van der Waals surface area (Å²) in [5, 5.41) is 0. The summed E-state index contributed by atoms with van der Waals surface area (Å²) in [5.41, 5.74) is 5.81. The second-order valence-electron chi connectivity index (χ2n) is 6.00. The molecule has 18 heavy (non-hydrogen) atoms. The number of nitrogens with two attached hydrogens (primary N) is 1. The van der Waals surface area contributed by atoms with E-state index in [1.54, 1.807) is 20.8 Å². The van der Waals surface area contributed by atoms with Crippen molar-refractivity contribution in [1.29, 1.82) is 0 Å². The lowest BCUT2D eigenvalue weighted by Gasteiger charge is -2.35. The number of hydrogen-bond donors (Lipinski definition) is 1. The maximum Gasteiger partial charge on any atom is 0.156 e. The Kier molecular flexibility index (Phi) is 5.17. The van der Waals surface area contributed by atoms with E-state index in [4.69, 9.17) is 10.5 Å². The zero-order valence-corrected chi connectivity index (χ0v) is 12.7. The largest absolute Gasteiger partial charge is 0.374 e. The van der Waals surface area contributed by atoms with Crippen molar-refractivity contribution in [3.8, 4) is 0 Å². The van der Waals surface area contributed by atoms with Gasteiger partial charge in [-0.15, -0.1) is 0 Å². The molecule has 1 saturated heterocycles. The van der Waals surface area contributed by atoms with Crippen molar-refractivity contribution in [2.24, 2.45) is 5.73 Å². The second-order valence-corrected chi connectivity index (χ2v) is 8.86. The third-order valence-corrected chi connectivity index (χ3v) is 5.96. The van der Waals surface area contributed by atoms with Gasteiger partial charge in [0.2, 0.25) is 0 Å². The summed E-state index contributed by atoms with van der Waals surface area (Å²) >= 11 is 0. The van der Waals surface area contributed by atoms with Crippen LogP contribution in [0.1, 0.15) is 27.7 Å². The number of hydrogen-bond acceptors (Lipinski definition) is 5. The summed E-state index contributed by atoms with van der Waals surface area (Å²) in [6.45, 7) is 9.83. The van der Waals surface area contributed by atoms with E-state index in [-0.39, 0.29) is 17.9 Å². The molecule has 0 radical (unpaired) electrons. The Balaban J connectivity index is 2.49. The van der Waals surface area contributed by atoms with Crippen LogP contribution in [0.2, 0.25) is 0 Å². The quantitative estimate of drug-likeness (QED) is 0.798. The summed E-state index contributed by atoms with van der Waals surface area (Å²) in [6, 6.07) is -0.0213. The molecule has 0 saturated carbocycles. The molecule has 6 heteroatoms. The molecule has 108 valence electrons. The van der Waals surface area contributed by atoms with Gasteiger partial charge in [-0.25, -0.2) is 8.42 Å². The molecule has 0 aromatic heterocycles. The van der Waals surface area contributed by atoms with E-state index in [9.17, 15) is 8.42 Å². The maximum absolute atomic E-state index is 12.0. The molecule has 1 heterocycles. The van der Waals surface area contributed by atoms with Gasteiger partial charge in [0, 0.05) is 25.7 Å². The van der Waals surface area contributed by atoms with Gasteiger partial charge in [-0.1, -0.05) is 0 Å². The van der Waals surface area contributed by atoms with Crippen molar-refractivity contribution in [3.05, 3.63) is 0 Å². The van der Waals surface area contributed by atoms with Gasteiger partial charge < -0.3 is 10.5 Å². The standard InChI is InChI=1S/C12H26N2O3S/c1-10(13)11-9-14(5-7-17-11)6-8-18(15,16)12(2,3)4/h10-11H,5-9,13H2,1-4H3. The minimum absolute atomic E-state index is 0.0103. The molecule has 1 rings (SSSR count). The Morgan fingerprint density at radius 1 is 1.44 bits per heavy atom. The molecule has 2 atom stereocenters. The third kappa shape index (κ3) is 4.19. The van der Waals surface area contributed by atoms with Gasteiger partial charge in [-0.2, -0.15) is 0 Å². The first-order valence-corrected chi connectivity index (χ1v) is 8.10. The number of morpholine rings is 1. The minimum Gasteiger partial charge on any atom is -0.374 e. The first kappa shape index (κ1) is 15.9. The van der Waals surface area contributed by atoms with Gasteiger partial charge in [0.25, 0.3) is 0 Å². The number of nitrogens with zero attached hydrogens (tertiary/aromatic N) is 1. The highest BCUT2D eigenvalue weighted by Gasteiger charge is 2.30. The molecule has 5 nitrogen and oxygen atoms in total. The highest BCUT2D eigenvalue weighted by Crippen LogP contribution is 2.16. The van der Waals surface area contributed by atoms with E-state index in [1.165, 1.54) is 0 Å². The van der Waals surface area contributed by atoms with Gasteiger partial charge >= 0.3 is 0 Å². The number of rotatable bonds is 4. The molecule has 0 aliphatic carbocycles. The second kappa shape index (κ2) is 5.86. The van der Waals surface area contributed by atoms with E-state index in [2.05, 4.69) is 4.90 Å². The Morgan fingerprint density at radius 3 is 2.56 bits per heavy atom. The van der Waals surface area contributed by atoms with Crippen LogP contribution in [0.15, 0.2) is 0 Å². The van der Waals surface area contributed by atoms with Gasteiger partial charge in [-0.05, 0) is 27.7 Å². The van der Waals surface area contributed by atoms with Gasteiger partial charge in [0.15, 0.2) is 9.84 Å². The third-order valence-electron chi connectivity index (χ3n) is 3.37. The first-order chi connectivity index (χ1) is 8.13. The van der Waals surface area contributed by atoms with Crippen LogP contribution in [0, 0.1) is 0 Å². The molecule has 1 fully saturated rings. The minimum atomic E-state index is -3.05. The molecule has 0 spiro atoms. The average molecular weight is 278 g/mol. The van der Waals surface area contributed by atoms with Crippen molar-refractivity contribution in [3.63, 3.8) is 0 Å². The van der Waals surface area contributed by atoms with Crippen molar-refractivity contribution in [1.82, 2.24) is 4.90 Å². The zero-order valence-electron chi connectivity index (χ0n) is 11.8. The van der Waals surface area contributed by atoms with Crippen LogP contribution in [-0.4, -0.2) is 62.2 Å². The normalized spacial score (nSPS) is 25.1. The average Bonchev–Trinajstić information content (AvgIpc) is 2.25. The fraction of sp³-hybridized carbons (Fsp3) is 1.00. The summed E-state index contributed by atoms with van der Waals surface area (Å²) < 4.78 is 28.9. The molecule has 1 aliphatic heterocycles. The predicted molar refractivity (Wildman–Crippen MR) is 73.4 cm³/mol. The summed E-state index contributed by atoms with van der Waals surface area (Å²) in [6.07, 6.45) is 0.0103. The van der Waals surface area contributed by atoms with Crippen LogP contribution in [-0.2, 0) is 14.6 Å². The smallest absolute Gasteiger partial charge is 0.156 e. The molecule has 2 unspecified atom stereocenters. The van der Waals surface area contributed by atoms with E-state index in [1.807, 2.05) is 6.92 Å². The van der Waals surface area contributed by atoms with E-state index >= 15 is 0 Å². The monoisotopic (exact) mass is 278 g/mol. The number of ether oxygens (including phenoxy) is 1. The van der Waals surface area contributed by atoms with Crippen molar-refractivity contribution in [2.45, 2.75) is 44.6 Å². The van der Waals surface area contributed by atoms with Crippen LogP contribution in [0.25, 0.3) is 0 Å². The Labute approximate surface area is 111 Å². The Bertz CT molecular complexity index is 360.